The van der Waals surface area contributed by atoms with Crippen LogP contribution in [0.5, 0.6) is 0 Å². The fourth-order valence-corrected chi connectivity index (χ4v) is 12.2. The van der Waals surface area contributed by atoms with Crippen molar-refractivity contribution in [2.24, 2.45) is 0 Å². The number of allylic oxidation sites excluding steroid dienone is 16. The van der Waals surface area contributed by atoms with Crippen molar-refractivity contribution < 1.29 is 80.2 Å². The summed E-state index contributed by atoms with van der Waals surface area (Å²) in [5.41, 5.74) is 0. The molecule has 17 nitrogen and oxygen atoms in total. The topological polar surface area (TPSA) is 237 Å². The van der Waals surface area contributed by atoms with Crippen molar-refractivity contribution in [1.29, 1.82) is 0 Å². The number of unbranched alkanes of at least 4 members (excludes halogenated alkanes) is 32. The molecule has 100 heavy (non-hydrogen) atoms. The average Bonchev–Trinajstić information content (AvgIpc) is 0.943. The molecule has 19 heteroatoms. The summed E-state index contributed by atoms with van der Waals surface area (Å²) < 4.78 is 68.5. The molecule has 0 saturated carbocycles. The Morgan fingerprint density at radius 3 is 0.820 bits per heavy atom. The van der Waals surface area contributed by atoms with Gasteiger partial charge in [0.15, 0.2) is 12.2 Å². The predicted molar refractivity (Wildman–Crippen MR) is 409 cm³/mol. The summed E-state index contributed by atoms with van der Waals surface area (Å²) in [6.07, 6.45) is 76.7. The van der Waals surface area contributed by atoms with Crippen LogP contribution in [-0.4, -0.2) is 96.7 Å². The Bertz CT molecular complexity index is 2270. The molecular formula is C81H142O17P2. The standard InChI is InChI=1S/C81H142O17P2/c1-5-9-13-17-21-25-29-33-35-37-39-43-45-49-53-57-61-65-78(83)91-71-76(97-80(85)67-63-59-55-51-47-41-31-27-23-19-15-11-7-3)73-95-99(87,88)93-69-75(82)70-94-100(89,90)96-74-77(98-81(86)68-64-60-56-52-48-42-32-28-24-20-16-12-8-4)72-92-79(84)66-62-58-54-50-46-44-40-38-36-34-30-26-22-18-14-10-6-2/h9-10,13-14,21-22,25-27,31,33-36,40,44,75-77,82H,5-8,11-12,15-20,23-24,28-30,32,37-39,41-43,45-74H2,1-4H3,(H,87,88)(H,89,90)/b13-9-,14-10-,25-21-,26-22-,31-27-,35-33-,36-34-,44-40-. The lowest BCUT2D eigenvalue weighted by Crippen LogP contribution is -2.30. The van der Waals surface area contributed by atoms with Crippen LogP contribution in [0.4, 0.5) is 0 Å². The first kappa shape index (κ1) is 96.0. The van der Waals surface area contributed by atoms with Gasteiger partial charge in [-0.15, -0.1) is 0 Å². The molecule has 0 bridgehead atoms. The number of carbonyl (C=O) groups excluding carboxylic acids is 4. The monoisotopic (exact) mass is 1450 g/mol. The molecule has 0 aliphatic rings. The zero-order valence-corrected chi connectivity index (χ0v) is 64.9. The summed E-state index contributed by atoms with van der Waals surface area (Å²) >= 11 is 0. The van der Waals surface area contributed by atoms with Crippen LogP contribution in [-0.2, 0) is 65.4 Å². The Kier molecular flexibility index (Phi) is 70.4. The molecule has 0 aliphatic heterocycles. The molecular weight excluding hydrogens is 1310 g/mol. The number of phosphoric acid groups is 2. The highest BCUT2D eigenvalue weighted by molar-refractivity contribution is 7.47. The van der Waals surface area contributed by atoms with Gasteiger partial charge in [0, 0.05) is 25.7 Å². The molecule has 0 heterocycles. The Hall–Kier alpha value is -4.02. The van der Waals surface area contributed by atoms with E-state index in [-0.39, 0.29) is 25.7 Å². The smallest absolute Gasteiger partial charge is 0.462 e. The SMILES string of the molecule is CC/C=C\C/C=C\C/C=C\C/C=C\CCCCCCC(=O)OCC(COP(=O)(O)OCC(O)COP(=O)(O)OCC(COC(=O)CCCCCCCCC/C=C\C/C=C\C/C=C\CC)OC(=O)CCCCCCC/C=C\CCCCCC)OC(=O)CCCCCCCCCCCCCCC. The molecule has 0 spiro atoms. The second-order valence-corrected chi connectivity index (χ2v) is 29.2. The number of hydrogen-bond acceptors (Lipinski definition) is 15. The Morgan fingerprint density at radius 2 is 0.520 bits per heavy atom. The lowest BCUT2D eigenvalue weighted by Gasteiger charge is -2.21. The van der Waals surface area contributed by atoms with Gasteiger partial charge in [-0.3, -0.25) is 37.3 Å². The number of hydrogen-bond donors (Lipinski definition) is 3. The van der Waals surface area contributed by atoms with Crippen molar-refractivity contribution in [1.82, 2.24) is 0 Å². The summed E-state index contributed by atoms with van der Waals surface area (Å²) in [6.45, 7) is 4.63. The van der Waals surface area contributed by atoms with E-state index in [9.17, 15) is 43.2 Å². The average molecular weight is 1450 g/mol. The number of carbonyl (C=O) groups is 4. The van der Waals surface area contributed by atoms with Crippen molar-refractivity contribution in [2.45, 2.75) is 354 Å². The highest BCUT2D eigenvalue weighted by Gasteiger charge is 2.30. The molecule has 0 aromatic heterocycles. The van der Waals surface area contributed by atoms with Crippen molar-refractivity contribution in [2.75, 3.05) is 39.6 Å². The van der Waals surface area contributed by atoms with Gasteiger partial charge in [0.1, 0.15) is 19.3 Å². The van der Waals surface area contributed by atoms with Gasteiger partial charge in [-0.25, -0.2) is 9.13 Å². The number of esters is 4. The van der Waals surface area contributed by atoms with Gasteiger partial charge in [-0.05, 0) is 122 Å². The minimum absolute atomic E-state index is 0.0832. The van der Waals surface area contributed by atoms with Crippen LogP contribution >= 0.6 is 15.6 Å². The summed E-state index contributed by atoms with van der Waals surface area (Å²) in [6, 6.07) is 0. The van der Waals surface area contributed by atoms with E-state index in [0.29, 0.717) is 25.7 Å². The van der Waals surface area contributed by atoms with Crippen molar-refractivity contribution in [3.05, 3.63) is 97.2 Å². The first-order valence-corrected chi connectivity index (χ1v) is 42.5. The number of rotatable bonds is 74. The Balaban J connectivity index is 5.34. The molecule has 578 valence electrons. The zero-order chi connectivity index (χ0) is 73.2. The molecule has 3 N–H and O–H groups in total. The Labute approximate surface area is 607 Å². The predicted octanol–water partition coefficient (Wildman–Crippen LogP) is 22.8. The van der Waals surface area contributed by atoms with Crippen molar-refractivity contribution >= 4 is 39.5 Å². The van der Waals surface area contributed by atoms with E-state index >= 15 is 0 Å². The van der Waals surface area contributed by atoms with Crippen LogP contribution in [0.3, 0.4) is 0 Å². The Morgan fingerprint density at radius 1 is 0.290 bits per heavy atom. The van der Waals surface area contributed by atoms with Gasteiger partial charge in [0.25, 0.3) is 0 Å². The molecule has 0 aromatic carbocycles. The van der Waals surface area contributed by atoms with Gasteiger partial charge < -0.3 is 33.8 Å². The minimum atomic E-state index is -4.98. The number of phosphoric ester groups is 2. The maximum absolute atomic E-state index is 13.1. The molecule has 0 aliphatic carbocycles. The molecule has 5 atom stereocenters. The minimum Gasteiger partial charge on any atom is -0.462 e. The van der Waals surface area contributed by atoms with E-state index in [0.717, 1.165) is 180 Å². The highest BCUT2D eigenvalue weighted by Crippen LogP contribution is 2.45. The summed E-state index contributed by atoms with van der Waals surface area (Å²) in [7, 11) is -9.96. The third-order valence-corrected chi connectivity index (χ3v) is 18.4. The van der Waals surface area contributed by atoms with Gasteiger partial charge in [0.2, 0.25) is 0 Å². The van der Waals surface area contributed by atoms with E-state index in [4.69, 9.17) is 37.0 Å². The van der Waals surface area contributed by atoms with Gasteiger partial charge in [0.05, 0.1) is 26.4 Å². The largest absolute Gasteiger partial charge is 0.472 e. The van der Waals surface area contributed by atoms with E-state index < -0.39 is 97.5 Å². The van der Waals surface area contributed by atoms with Gasteiger partial charge in [-0.1, -0.05) is 285 Å². The fraction of sp³-hybridized carbons (Fsp3) is 0.753. The van der Waals surface area contributed by atoms with Crippen molar-refractivity contribution in [3.63, 3.8) is 0 Å². The molecule has 0 fully saturated rings. The van der Waals surface area contributed by atoms with Crippen LogP contribution < -0.4 is 0 Å². The quantitative estimate of drug-likeness (QED) is 0.0169. The van der Waals surface area contributed by atoms with Crippen LogP contribution in [0.15, 0.2) is 97.2 Å². The normalized spacial score (nSPS) is 14.4. The molecule has 5 unspecified atom stereocenters. The molecule has 0 amide bonds. The van der Waals surface area contributed by atoms with Crippen LogP contribution in [0, 0.1) is 0 Å². The highest BCUT2D eigenvalue weighted by atomic mass is 31.2. The number of aliphatic hydroxyl groups excluding tert-OH is 1. The lowest BCUT2D eigenvalue weighted by molar-refractivity contribution is -0.161. The van der Waals surface area contributed by atoms with E-state index in [1.165, 1.54) is 77.0 Å². The van der Waals surface area contributed by atoms with Gasteiger partial charge >= 0.3 is 39.5 Å². The number of ether oxygens (including phenoxy) is 4. The molecule has 0 aromatic rings. The second-order valence-electron chi connectivity index (χ2n) is 26.2. The first-order chi connectivity index (χ1) is 48.7. The third kappa shape index (κ3) is 72.3. The van der Waals surface area contributed by atoms with Crippen LogP contribution in [0.1, 0.15) is 336 Å². The zero-order valence-electron chi connectivity index (χ0n) is 63.1. The maximum atomic E-state index is 13.1. The second kappa shape index (κ2) is 73.3. The first-order valence-electron chi connectivity index (χ1n) is 39.5. The number of aliphatic hydroxyl groups is 1. The van der Waals surface area contributed by atoms with Crippen LogP contribution in [0.25, 0.3) is 0 Å². The molecule has 0 saturated heterocycles. The molecule has 0 radical (unpaired) electrons. The van der Waals surface area contributed by atoms with Crippen molar-refractivity contribution in [3.8, 4) is 0 Å². The third-order valence-electron chi connectivity index (χ3n) is 16.5. The van der Waals surface area contributed by atoms with E-state index in [1.807, 2.05) is 0 Å². The summed E-state index contributed by atoms with van der Waals surface area (Å²) in [5, 5.41) is 10.6. The fourth-order valence-electron chi connectivity index (χ4n) is 10.6. The summed E-state index contributed by atoms with van der Waals surface area (Å²) in [4.78, 5) is 72.9. The van der Waals surface area contributed by atoms with E-state index in [1.54, 1.807) is 0 Å². The maximum Gasteiger partial charge on any atom is 0.472 e. The summed E-state index contributed by atoms with van der Waals surface area (Å²) in [5.74, 6) is -2.20. The lowest BCUT2D eigenvalue weighted by atomic mass is 10.0. The van der Waals surface area contributed by atoms with E-state index in [2.05, 4.69) is 125 Å². The van der Waals surface area contributed by atoms with Gasteiger partial charge in [-0.2, -0.15) is 0 Å². The molecule has 0 rings (SSSR count). The van der Waals surface area contributed by atoms with Crippen LogP contribution in [0.2, 0.25) is 0 Å².